The Morgan fingerprint density at radius 3 is 2.71 bits per heavy atom. The lowest BCUT2D eigenvalue weighted by Gasteiger charge is -2.15. The molecule has 0 N–H and O–H groups in total. The smallest absolute Gasteiger partial charge is 0.0438 e. The van der Waals surface area contributed by atoms with E-state index in [1.807, 2.05) is 12.1 Å². The van der Waals surface area contributed by atoms with Gasteiger partial charge < -0.3 is 0 Å². The number of hydrogen-bond donors (Lipinski definition) is 0. The van der Waals surface area contributed by atoms with Gasteiger partial charge in [-0.25, -0.2) is 0 Å². The van der Waals surface area contributed by atoms with Crippen LogP contribution < -0.4 is 0 Å². The summed E-state index contributed by atoms with van der Waals surface area (Å²) in [4.78, 5) is 0. The molecule has 0 amide bonds. The second kappa shape index (κ2) is 4.35. The first-order chi connectivity index (χ1) is 6.77. The molecule has 1 aliphatic rings. The molecule has 1 fully saturated rings. The SMILES string of the molecule is C[C@@H]1CCC[C@@H]1Cc1ccccc1Cl. The Labute approximate surface area is 91.3 Å². The Kier molecular flexibility index (Phi) is 3.12. The summed E-state index contributed by atoms with van der Waals surface area (Å²) >= 11 is 6.15. The molecule has 0 nitrogen and oxygen atoms in total. The average Bonchev–Trinajstić information content (AvgIpc) is 2.56. The maximum absolute atomic E-state index is 6.15. The van der Waals surface area contributed by atoms with Gasteiger partial charge in [0, 0.05) is 5.02 Å². The third kappa shape index (κ3) is 2.12. The van der Waals surface area contributed by atoms with E-state index in [0.717, 1.165) is 16.9 Å². The minimum Gasteiger partial charge on any atom is -0.0840 e. The monoisotopic (exact) mass is 208 g/mol. The van der Waals surface area contributed by atoms with Crippen molar-refractivity contribution >= 4 is 11.6 Å². The van der Waals surface area contributed by atoms with Gasteiger partial charge in [0.2, 0.25) is 0 Å². The van der Waals surface area contributed by atoms with Gasteiger partial charge in [-0.3, -0.25) is 0 Å². The Balaban J connectivity index is 2.07. The molecule has 14 heavy (non-hydrogen) atoms. The molecule has 0 saturated heterocycles. The van der Waals surface area contributed by atoms with Crippen LogP contribution in [0.2, 0.25) is 5.02 Å². The van der Waals surface area contributed by atoms with Gasteiger partial charge in [-0.15, -0.1) is 0 Å². The lowest BCUT2D eigenvalue weighted by atomic mass is 9.91. The Hall–Kier alpha value is -0.490. The van der Waals surface area contributed by atoms with Gasteiger partial charge in [0.15, 0.2) is 0 Å². The zero-order chi connectivity index (χ0) is 9.97. The van der Waals surface area contributed by atoms with Crippen molar-refractivity contribution in [3.05, 3.63) is 34.9 Å². The number of rotatable bonds is 2. The molecule has 1 saturated carbocycles. The maximum Gasteiger partial charge on any atom is 0.0438 e. The number of hydrogen-bond acceptors (Lipinski definition) is 0. The van der Waals surface area contributed by atoms with Crippen LogP contribution in [0, 0.1) is 11.8 Å². The molecular weight excluding hydrogens is 192 g/mol. The molecule has 0 bridgehead atoms. The van der Waals surface area contributed by atoms with Gasteiger partial charge in [-0.05, 0) is 36.3 Å². The molecule has 1 aromatic rings. The summed E-state index contributed by atoms with van der Waals surface area (Å²) in [5, 5.41) is 0.937. The van der Waals surface area contributed by atoms with Crippen molar-refractivity contribution in [2.75, 3.05) is 0 Å². The minimum atomic E-state index is 0.856. The Morgan fingerprint density at radius 1 is 1.29 bits per heavy atom. The second-order valence-corrected chi connectivity index (χ2v) is 4.87. The molecule has 1 heteroatoms. The number of benzene rings is 1. The molecule has 0 heterocycles. The van der Waals surface area contributed by atoms with Crippen molar-refractivity contribution in [2.24, 2.45) is 11.8 Å². The van der Waals surface area contributed by atoms with Gasteiger partial charge in [-0.1, -0.05) is 49.6 Å². The molecule has 2 atom stereocenters. The lowest BCUT2D eigenvalue weighted by molar-refractivity contribution is 0.417. The molecule has 0 aliphatic heterocycles. The van der Waals surface area contributed by atoms with Crippen molar-refractivity contribution in [3.8, 4) is 0 Å². The van der Waals surface area contributed by atoms with Crippen LogP contribution in [0.4, 0.5) is 0 Å². The number of halogens is 1. The van der Waals surface area contributed by atoms with E-state index in [9.17, 15) is 0 Å². The lowest BCUT2D eigenvalue weighted by Crippen LogP contribution is -2.07. The fourth-order valence-corrected chi connectivity index (χ4v) is 2.68. The molecule has 0 aromatic heterocycles. The van der Waals surface area contributed by atoms with Crippen LogP contribution in [-0.4, -0.2) is 0 Å². The second-order valence-electron chi connectivity index (χ2n) is 4.46. The topological polar surface area (TPSA) is 0 Å². The van der Waals surface area contributed by atoms with Crippen molar-refractivity contribution < 1.29 is 0 Å². The van der Waals surface area contributed by atoms with Gasteiger partial charge in [0.25, 0.3) is 0 Å². The highest BCUT2D eigenvalue weighted by atomic mass is 35.5. The highest BCUT2D eigenvalue weighted by Gasteiger charge is 2.23. The zero-order valence-corrected chi connectivity index (χ0v) is 9.43. The first-order valence-corrected chi connectivity index (χ1v) is 5.88. The molecule has 0 unspecified atom stereocenters. The summed E-state index contributed by atoms with van der Waals surface area (Å²) < 4.78 is 0. The van der Waals surface area contributed by atoms with Gasteiger partial charge in [0.1, 0.15) is 0 Å². The van der Waals surface area contributed by atoms with E-state index in [4.69, 9.17) is 11.6 Å². The summed E-state index contributed by atoms with van der Waals surface area (Å²) in [6.45, 7) is 2.37. The predicted molar refractivity (Wildman–Crippen MR) is 61.7 cm³/mol. The van der Waals surface area contributed by atoms with Crippen LogP contribution in [0.25, 0.3) is 0 Å². The Morgan fingerprint density at radius 2 is 2.07 bits per heavy atom. The summed E-state index contributed by atoms with van der Waals surface area (Å²) in [7, 11) is 0. The first kappa shape index (κ1) is 10.0. The van der Waals surface area contributed by atoms with Crippen LogP contribution in [-0.2, 0) is 6.42 Å². The van der Waals surface area contributed by atoms with Gasteiger partial charge in [-0.2, -0.15) is 0 Å². The van der Waals surface area contributed by atoms with Crippen molar-refractivity contribution in [1.29, 1.82) is 0 Å². The minimum absolute atomic E-state index is 0.856. The third-order valence-corrected chi connectivity index (χ3v) is 3.85. The first-order valence-electron chi connectivity index (χ1n) is 5.51. The van der Waals surface area contributed by atoms with E-state index in [1.54, 1.807) is 0 Å². The quantitative estimate of drug-likeness (QED) is 0.679. The molecule has 0 radical (unpaired) electrons. The normalized spacial score (nSPS) is 26.7. The van der Waals surface area contributed by atoms with Crippen LogP contribution in [0.5, 0.6) is 0 Å². The fourth-order valence-electron chi connectivity index (χ4n) is 2.47. The van der Waals surface area contributed by atoms with Crippen LogP contribution in [0.3, 0.4) is 0 Å². The van der Waals surface area contributed by atoms with Gasteiger partial charge >= 0.3 is 0 Å². The van der Waals surface area contributed by atoms with E-state index >= 15 is 0 Å². The van der Waals surface area contributed by atoms with Crippen molar-refractivity contribution in [3.63, 3.8) is 0 Å². The van der Waals surface area contributed by atoms with Crippen LogP contribution in [0.15, 0.2) is 24.3 Å². The van der Waals surface area contributed by atoms with Gasteiger partial charge in [0.05, 0.1) is 0 Å². The average molecular weight is 209 g/mol. The summed E-state index contributed by atoms with van der Waals surface area (Å²) in [6, 6.07) is 8.24. The molecule has 0 spiro atoms. The van der Waals surface area contributed by atoms with E-state index in [2.05, 4.69) is 19.1 Å². The highest BCUT2D eigenvalue weighted by Crippen LogP contribution is 2.34. The largest absolute Gasteiger partial charge is 0.0840 e. The van der Waals surface area contributed by atoms with E-state index in [1.165, 1.54) is 31.2 Å². The zero-order valence-electron chi connectivity index (χ0n) is 8.67. The predicted octanol–water partition coefficient (Wildman–Crippen LogP) is 4.32. The summed E-state index contributed by atoms with van der Waals surface area (Å²) in [6.07, 6.45) is 5.35. The van der Waals surface area contributed by atoms with E-state index < -0.39 is 0 Å². The summed E-state index contributed by atoms with van der Waals surface area (Å²) in [5.41, 5.74) is 1.33. The fraction of sp³-hybridized carbons (Fsp3) is 0.538. The molecule has 2 rings (SSSR count). The summed E-state index contributed by atoms with van der Waals surface area (Å²) in [5.74, 6) is 1.74. The standard InChI is InChI=1S/C13H17Cl/c1-10-5-4-7-11(10)9-12-6-2-3-8-13(12)14/h2-3,6,8,10-11H,4-5,7,9H2,1H3/t10-,11-/m1/s1. The van der Waals surface area contributed by atoms with Crippen molar-refractivity contribution in [1.82, 2.24) is 0 Å². The maximum atomic E-state index is 6.15. The molecular formula is C13H17Cl. The van der Waals surface area contributed by atoms with Crippen molar-refractivity contribution in [2.45, 2.75) is 32.6 Å². The van der Waals surface area contributed by atoms with Crippen LogP contribution >= 0.6 is 11.6 Å². The molecule has 1 aromatic carbocycles. The van der Waals surface area contributed by atoms with E-state index in [-0.39, 0.29) is 0 Å². The Bertz CT molecular complexity index is 306. The molecule has 76 valence electrons. The molecule has 1 aliphatic carbocycles. The highest BCUT2D eigenvalue weighted by molar-refractivity contribution is 6.31. The van der Waals surface area contributed by atoms with E-state index in [0.29, 0.717) is 0 Å². The third-order valence-electron chi connectivity index (χ3n) is 3.48. The van der Waals surface area contributed by atoms with Crippen LogP contribution in [0.1, 0.15) is 31.7 Å².